The number of nitrogen functional groups attached to an aromatic ring is 1. The lowest BCUT2D eigenvalue weighted by Gasteiger charge is -2.18. The van der Waals surface area contributed by atoms with Gasteiger partial charge in [-0.1, -0.05) is 6.07 Å². The molecule has 0 atom stereocenters. The molecule has 4 N–H and O–H groups in total. The third-order valence-electron chi connectivity index (χ3n) is 6.37. The van der Waals surface area contributed by atoms with E-state index in [0.29, 0.717) is 27.8 Å². The number of hydrogen-bond acceptors (Lipinski definition) is 7. The maximum atomic E-state index is 13.6. The molecule has 0 bridgehead atoms. The van der Waals surface area contributed by atoms with Gasteiger partial charge >= 0.3 is 6.18 Å². The number of anilines is 3. The predicted octanol–water partition coefficient (Wildman–Crippen LogP) is 6.67. The van der Waals surface area contributed by atoms with Gasteiger partial charge in [0, 0.05) is 18.1 Å². The van der Waals surface area contributed by atoms with Crippen molar-refractivity contribution in [2.45, 2.75) is 19.0 Å². The summed E-state index contributed by atoms with van der Waals surface area (Å²) >= 11 is 3.47. The number of alkyl halides is 3. The molecule has 3 aromatic carbocycles. The van der Waals surface area contributed by atoms with Gasteiger partial charge in [0.15, 0.2) is 0 Å². The molecule has 1 amide bonds. The molecule has 216 valence electrons. The van der Waals surface area contributed by atoms with Crippen molar-refractivity contribution in [2.24, 2.45) is 0 Å². The number of halogens is 4. The molecule has 0 saturated heterocycles. The fraction of sp³-hybridized carbons (Fsp3) is 0.276. The van der Waals surface area contributed by atoms with Crippen LogP contribution in [0.5, 0.6) is 5.75 Å². The molecule has 0 unspecified atom stereocenters. The lowest BCUT2D eigenvalue weighted by Crippen LogP contribution is -2.17. The summed E-state index contributed by atoms with van der Waals surface area (Å²) in [6.07, 6.45) is -1.25. The molecule has 4 aromatic rings. The van der Waals surface area contributed by atoms with Crippen molar-refractivity contribution < 1.29 is 22.7 Å². The molecule has 0 radical (unpaired) electrons. The summed E-state index contributed by atoms with van der Waals surface area (Å²) < 4.78 is 46.6. The Morgan fingerprint density at radius 2 is 1.83 bits per heavy atom. The van der Waals surface area contributed by atoms with Gasteiger partial charge in [-0.25, -0.2) is 9.97 Å². The van der Waals surface area contributed by atoms with E-state index in [0.717, 1.165) is 42.5 Å². The highest BCUT2D eigenvalue weighted by Gasteiger charge is 2.31. The number of unbranched alkanes of at least 4 members (excludes halogenated alkanes) is 1. The standard InChI is InChI=1S/C29H30BrF3N6O2/c1-39(2)11-5-4-10-35-24-9-7-20(29(31,32)33)15-25(24)37-27(40)21-13-18(14-22(30)26(21)41-3)17-6-8-23-19(12-17)16-36-28(34)38-23/h6-9,12-16,35H,4-5,10-11H2,1-3H3,(H,37,40)(H2,34,36,38). The van der Waals surface area contributed by atoms with Crippen molar-refractivity contribution in [2.75, 3.05) is 50.7 Å². The molecule has 1 aromatic heterocycles. The minimum absolute atomic E-state index is 0.0152. The molecule has 0 aliphatic carbocycles. The van der Waals surface area contributed by atoms with E-state index in [9.17, 15) is 18.0 Å². The van der Waals surface area contributed by atoms with Gasteiger partial charge in [0.2, 0.25) is 5.95 Å². The minimum atomic E-state index is -4.57. The van der Waals surface area contributed by atoms with Crippen molar-refractivity contribution in [3.05, 3.63) is 70.3 Å². The van der Waals surface area contributed by atoms with E-state index in [2.05, 4.69) is 41.4 Å². The monoisotopic (exact) mass is 630 g/mol. The average Bonchev–Trinajstić information content (AvgIpc) is 2.92. The lowest BCUT2D eigenvalue weighted by atomic mass is 10.0. The zero-order valence-electron chi connectivity index (χ0n) is 22.8. The maximum Gasteiger partial charge on any atom is 0.416 e. The maximum absolute atomic E-state index is 13.6. The number of hydrogen-bond donors (Lipinski definition) is 3. The van der Waals surface area contributed by atoms with E-state index in [1.54, 1.807) is 24.4 Å². The van der Waals surface area contributed by atoms with E-state index in [1.165, 1.54) is 13.2 Å². The van der Waals surface area contributed by atoms with Crippen LogP contribution < -0.4 is 21.1 Å². The smallest absolute Gasteiger partial charge is 0.416 e. The Bertz CT molecular complexity index is 1560. The summed E-state index contributed by atoms with van der Waals surface area (Å²) in [6.45, 7) is 1.42. The fourth-order valence-electron chi connectivity index (χ4n) is 4.31. The molecule has 12 heteroatoms. The van der Waals surface area contributed by atoms with E-state index in [1.807, 2.05) is 26.2 Å². The van der Waals surface area contributed by atoms with Crippen LogP contribution in [0.25, 0.3) is 22.0 Å². The average molecular weight is 631 g/mol. The van der Waals surface area contributed by atoms with Crippen LogP contribution in [0.2, 0.25) is 0 Å². The third-order valence-corrected chi connectivity index (χ3v) is 6.96. The molecule has 8 nitrogen and oxygen atoms in total. The first kappa shape index (κ1) is 30.1. The van der Waals surface area contributed by atoms with Crippen LogP contribution in [0.15, 0.2) is 59.2 Å². The molecule has 4 rings (SSSR count). The largest absolute Gasteiger partial charge is 0.495 e. The summed E-state index contributed by atoms with van der Waals surface area (Å²) in [5.74, 6) is -0.224. The quantitative estimate of drug-likeness (QED) is 0.168. The summed E-state index contributed by atoms with van der Waals surface area (Å²) in [7, 11) is 5.37. The second-order valence-corrected chi connectivity index (χ2v) is 10.5. The van der Waals surface area contributed by atoms with Gasteiger partial charge in [-0.3, -0.25) is 4.79 Å². The van der Waals surface area contributed by atoms with Crippen molar-refractivity contribution in [3.63, 3.8) is 0 Å². The van der Waals surface area contributed by atoms with Gasteiger partial charge in [-0.15, -0.1) is 0 Å². The highest BCUT2D eigenvalue weighted by atomic mass is 79.9. The van der Waals surface area contributed by atoms with Gasteiger partial charge in [-0.2, -0.15) is 13.2 Å². The predicted molar refractivity (Wildman–Crippen MR) is 159 cm³/mol. The van der Waals surface area contributed by atoms with Crippen LogP contribution in [0.1, 0.15) is 28.8 Å². The summed E-state index contributed by atoms with van der Waals surface area (Å²) in [4.78, 5) is 23.9. The summed E-state index contributed by atoms with van der Waals surface area (Å²) in [6, 6.07) is 12.1. The highest BCUT2D eigenvalue weighted by Crippen LogP contribution is 2.38. The Balaban J connectivity index is 1.67. The van der Waals surface area contributed by atoms with Crippen molar-refractivity contribution in [1.29, 1.82) is 0 Å². The van der Waals surface area contributed by atoms with Gasteiger partial charge in [0.1, 0.15) is 5.75 Å². The first-order valence-corrected chi connectivity index (χ1v) is 13.6. The zero-order valence-corrected chi connectivity index (χ0v) is 24.4. The number of methoxy groups -OCH3 is 1. The zero-order chi connectivity index (χ0) is 29.7. The van der Waals surface area contributed by atoms with Crippen LogP contribution in [0.4, 0.5) is 30.5 Å². The lowest BCUT2D eigenvalue weighted by molar-refractivity contribution is -0.137. The van der Waals surface area contributed by atoms with E-state index in [4.69, 9.17) is 10.5 Å². The van der Waals surface area contributed by atoms with Crippen LogP contribution >= 0.6 is 15.9 Å². The molecule has 0 fully saturated rings. The van der Waals surface area contributed by atoms with E-state index in [-0.39, 0.29) is 22.9 Å². The number of fused-ring (bicyclic) bond motifs is 1. The van der Waals surface area contributed by atoms with Crippen LogP contribution in [0.3, 0.4) is 0 Å². The first-order chi connectivity index (χ1) is 19.5. The topological polar surface area (TPSA) is 105 Å². The number of rotatable bonds is 10. The normalized spacial score (nSPS) is 11.6. The summed E-state index contributed by atoms with van der Waals surface area (Å²) in [5, 5.41) is 6.58. The van der Waals surface area contributed by atoms with Crippen LogP contribution in [-0.4, -0.2) is 55.1 Å². The Morgan fingerprint density at radius 1 is 1.05 bits per heavy atom. The SMILES string of the molecule is COc1c(Br)cc(-c2ccc3nc(N)ncc3c2)cc1C(=O)Nc1cc(C(F)(F)F)ccc1NCCCCN(C)C. The molecular weight excluding hydrogens is 601 g/mol. The van der Waals surface area contributed by atoms with Gasteiger partial charge in [0.25, 0.3) is 5.91 Å². The summed E-state index contributed by atoms with van der Waals surface area (Å²) in [5.41, 5.74) is 7.46. The Hall–Kier alpha value is -3.90. The van der Waals surface area contributed by atoms with Gasteiger partial charge in [0.05, 0.1) is 39.6 Å². The van der Waals surface area contributed by atoms with Crippen molar-refractivity contribution in [3.8, 4) is 16.9 Å². The number of amides is 1. The fourth-order valence-corrected chi connectivity index (χ4v) is 4.93. The second kappa shape index (κ2) is 12.7. The number of nitrogens with two attached hydrogens (primary N) is 1. The molecule has 0 aliphatic rings. The van der Waals surface area contributed by atoms with Crippen LogP contribution in [-0.2, 0) is 6.18 Å². The molecule has 0 saturated carbocycles. The molecule has 0 spiro atoms. The van der Waals surface area contributed by atoms with Crippen molar-refractivity contribution in [1.82, 2.24) is 14.9 Å². The molecule has 41 heavy (non-hydrogen) atoms. The number of carbonyl (C=O) groups excluding carboxylic acids is 1. The van der Waals surface area contributed by atoms with Gasteiger partial charge < -0.3 is 26.0 Å². The highest BCUT2D eigenvalue weighted by molar-refractivity contribution is 9.10. The Morgan fingerprint density at radius 3 is 2.54 bits per heavy atom. The van der Waals surface area contributed by atoms with Gasteiger partial charge in [-0.05, 0) is 103 Å². The molecule has 1 heterocycles. The molecular formula is C29H30BrF3N6O2. The number of carbonyl (C=O) groups is 1. The number of aromatic nitrogens is 2. The third kappa shape index (κ3) is 7.44. The Kier molecular flexibility index (Phi) is 9.34. The van der Waals surface area contributed by atoms with Crippen LogP contribution in [0, 0.1) is 0 Å². The number of nitrogens with one attached hydrogen (secondary N) is 2. The molecule has 0 aliphatic heterocycles. The number of benzene rings is 3. The number of ether oxygens (including phenoxy) is 1. The Labute approximate surface area is 244 Å². The van der Waals surface area contributed by atoms with E-state index < -0.39 is 17.6 Å². The van der Waals surface area contributed by atoms with Crippen molar-refractivity contribution >= 4 is 50.1 Å². The van der Waals surface area contributed by atoms with E-state index >= 15 is 0 Å². The number of nitrogens with zero attached hydrogens (tertiary/aromatic N) is 3. The second-order valence-electron chi connectivity index (χ2n) is 9.69. The minimum Gasteiger partial charge on any atom is -0.495 e. The first-order valence-electron chi connectivity index (χ1n) is 12.8.